The van der Waals surface area contributed by atoms with Crippen LogP contribution < -0.4 is 4.74 Å². The molecule has 1 aromatic heterocycles. The lowest BCUT2D eigenvalue weighted by Gasteiger charge is -2.13. The Bertz CT molecular complexity index is 304. The minimum Gasteiger partial charge on any atom is -0.477 e. The molecule has 2 atom stereocenters. The topological polar surface area (TPSA) is 35.0 Å². The molecule has 0 saturated carbocycles. The monoisotopic (exact) mass is 272 g/mol. The molecule has 0 aliphatic heterocycles. The van der Waals surface area contributed by atoms with Gasteiger partial charge in [-0.25, -0.2) is 4.98 Å². The quantitative estimate of drug-likeness (QED) is 0.773. The number of hydrogen-bond acceptors (Lipinski definition) is 3. The second-order valence-corrected chi connectivity index (χ2v) is 5.04. The fourth-order valence-corrected chi connectivity index (χ4v) is 1.36. The molecule has 1 aromatic rings. The van der Waals surface area contributed by atoms with Crippen LogP contribution in [0.4, 0.5) is 0 Å². The van der Waals surface area contributed by atoms with Gasteiger partial charge in [-0.05, 0) is 6.42 Å². The van der Waals surface area contributed by atoms with Crippen LogP contribution in [0.15, 0.2) is 12.4 Å². The van der Waals surface area contributed by atoms with Crippen LogP contribution in [0.5, 0.6) is 5.88 Å². The van der Waals surface area contributed by atoms with E-state index in [1.165, 1.54) is 0 Å². The number of aromatic nitrogens is 2. The lowest BCUT2D eigenvalue weighted by atomic mass is 10.1. The number of rotatable bonds is 5. The van der Waals surface area contributed by atoms with Gasteiger partial charge in [0.15, 0.2) is 0 Å². The Hall–Kier alpha value is -0.640. The zero-order chi connectivity index (χ0) is 11.3. The van der Waals surface area contributed by atoms with Crippen molar-refractivity contribution in [3.05, 3.63) is 18.1 Å². The van der Waals surface area contributed by atoms with Gasteiger partial charge in [-0.2, -0.15) is 0 Å². The molecule has 0 bridgehead atoms. The van der Waals surface area contributed by atoms with E-state index in [0.717, 1.165) is 12.1 Å². The van der Waals surface area contributed by atoms with Gasteiger partial charge in [-0.1, -0.05) is 36.7 Å². The maximum atomic E-state index is 5.44. The summed E-state index contributed by atoms with van der Waals surface area (Å²) in [5.74, 6) is 0.956. The van der Waals surface area contributed by atoms with Gasteiger partial charge in [0, 0.05) is 16.9 Å². The molecular weight excluding hydrogens is 256 g/mol. The summed E-state index contributed by atoms with van der Waals surface area (Å²) in [6.45, 7) is 6.98. The molecule has 0 radical (unpaired) electrons. The standard InChI is InChI=1S/C11H17BrN2O/c1-4-5-15-11-7-13-6-10(14-11)8(2)9(3)12/h6-9H,4-5H2,1-3H3. The second kappa shape index (κ2) is 6.05. The Morgan fingerprint density at radius 2 is 2.13 bits per heavy atom. The average Bonchev–Trinajstić information content (AvgIpc) is 2.25. The fraction of sp³-hybridized carbons (Fsp3) is 0.636. The largest absolute Gasteiger partial charge is 0.477 e. The lowest BCUT2D eigenvalue weighted by Crippen LogP contribution is -2.08. The summed E-state index contributed by atoms with van der Waals surface area (Å²) < 4.78 is 5.44. The minimum absolute atomic E-state index is 0.336. The highest BCUT2D eigenvalue weighted by atomic mass is 79.9. The lowest BCUT2D eigenvalue weighted by molar-refractivity contribution is 0.302. The summed E-state index contributed by atoms with van der Waals surface area (Å²) in [7, 11) is 0. The van der Waals surface area contributed by atoms with Crippen molar-refractivity contribution in [3.63, 3.8) is 0 Å². The van der Waals surface area contributed by atoms with Crippen molar-refractivity contribution in [2.45, 2.75) is 37.9 Å². The highest BCUT2D eigenvalue weighted by Crippen LogP contribution is 2.23. The van der Waals surface area contributed by atoms with E-state index in [0.29, 0.717) is 23.2 Å². The van der Waals surface area contributed by atoms with Crippen LogP contribution in [0.1, 0.15) is 38.8 Å². The van der Waals surface area contributed by atoms with Crippen LogP contribution in [0, 0.1) is 0 Å². The highest BCUT2D eigenvalue weighted by Gasteiger charge is 2.13. The van der Waals surface area contributed by atoms with E-state index in [1.54, 1.807) is 12.4 Å². The van der Waals surface area contributed by atoms with Crippen LogP contribution in [0.2, 0.25) is 0 Å². The van der Waals surface area contributed by atoms with Crippen molar-refractivity contribution in [2.75, 3.05) is 6.61 Å². The molecule has 0 amide bonds. The van der Waals surface area contributed by atoms with E-state index >= 15 is 0 Å². The zero-order valence-electron chi connectivity index (χ0n) is 9.40. The van der Waals surface area contributed by atoms with E-state index in [1.807, 2.05) is 0 Å². The van der Waals surface area contributed by atoms with E-state index in [4.69, 9.17) is 4.74 Å². The molecule has 0 fully saturated rings. The Morgan fingerprint density at radius 1 is 1.40 bits per heavy atom. The summed E-state index contributed by atoms with van der Waals surface area (Å²) in [5, 5.41) is 0. The number of halogens is 1. The van der Waals surface area contributed by atoms with Gasteiger partial charge in [-0.3, -0.25) is 4.98 Å². The molecule has 0 aliphatic carbocycles. The van der Waals surface area contributed by atoms with E-state index in [-0.39, 0.29) is 0 Å². The third kappa shape index (κ3) is 3.78. The predicted octanol–water partition coefficient (Wildman–Crippen LogP) is 3.15. The van der Waals surface area contributed by atoms with Crippen molar-refractivity contribution in [3.8, 4) is 5.88 Å². The summed E-state index contributed by atoms with van der Waals surface area (Å²) in [6, 6.07) is 0. The van der Waals surface area contributed by atoms with Crippen molar-refractivity contribution >= 4 is 15.9 Å². The molecule has 3 nitrogen and oxygen atoms in total. The van der Waals surface area contributed by atoms with Crippen LogP contribution in [0.3, 0.4) is 0 Å². The number of alkyl halides is 1. The first-order valence-corrected chi connectivity index (χ1v) is 6.15. The molecular formula is C11H17BrN2O. The van der Waals surface area contributed by atoms with Gasteiger partial charge >= 0.3 is 0 Å². The molecule has 1 rings (SSSR count). The summed E-state index contributed by atoms with van der Waals surface area (Å²) in [5.41, 5.74) is 0.966. The third-order valence-electron chi connectivity index (χ3n) is 2.24. The van der Waals surface area contributed by atoms with Gasteiger partial charge < -0.3 is 4.74 Å². The van der Waals surface area contributed by atoms with Crippen LogP contribution in [-0.2, 0) is 0 Å². The van der Waals surface area contributed by atoms with Crippen LogP contribution in [0.25, 0.3) is 0 Å². The first-order chi connectivity index (χ1) is 7.15. The Morgan fingerprint density at radius 3 is 2.73 bits per heavy atom. The molecule has 0 N–H and O–H groups in total. The van der Waals surface area contributed by atoms with E-state index in [2.05, 4.69) is 46.7 Å². The number of ether oxygens (including phenoxy) is 1. The molecule has 2 unspecified atom stereocenters. The SMILES string of the molecule is CCCOc1cncc(C(C)C(C)Br)n1. The Balaban J connectivity index is 2.73. The van der Waals surface area contributed by atoms with Crippen molar-refractivity contribution in [1.29, 1.82) is 0 Å². The molecule has 0 aliphatic rings. The van der Waals surface area contributed by atoms with E-state index < -0.39 is 0 Å². The molecule has 1 heterocycles. The average molecular weight is 273 g/mol. The third-order valence-corrected chi connectivity index (χ3v) is 3.03. The summed E-state index contributed by atoms with van der Waals surface area (Å²) in [4.78, 5) is 8.93. The van der Waals surface area contributed by atoms with Gasteiger partial charge in [0.05, 0.1) is 18.5 Å². The van der Waals surface area contributed by atoms with Crippen LogP contribution >= 0.6 is 15.9 Å². The van der Waals surface area contributed by atoms with Crippen molar-refractivity contribution < 1.29 is 4.74 Å². The maximum Gasteiger partial charge on any atom is 0.232 e. The van der Waals surface area contributed by atoms with Crippen molar-refractivity contribution in [1.82, 2.24) is 9.97 Å². The molecule has 84 valence electrons. The van der Waals surface area contributed by atoms with Crippen molar-refractivity contribution in [2.24, 2.45) is 0 Å². The second-order valence-electron chi connectivity index (χ2n) is 3.60. The maximum absolute atomic E-state index is 5.44. The van der Waals surface area contributed by atoms with Gasteiger partial charge in [0.1, 0.15) is 0 Å². The summed E-state index contributed by atoms with van der Waals surface area (Å²) in [6.07, 6.45) is 4.43. The molecule has 0 aromatic carbocycles. The normalized spacial score (nSPS) is 14.7. The highest BCUT2D eigenvalue weighted by molar-refractivity contribution is 9.09. The number of nitrogens with zero attached hydrogens (tertiary/aromatic N) is 2. The first-order valence-electron chi connectivity index (χ1n) is 5.24. The zero-order valence-corrected chi connectivity index (χ0v) is 11.0. The Kier molecular flexibility index (Phi) is 5.02. The first kappa shape index (κ1) is 12.4. The molecule has 4 heteroatoms. The predicted molar refractivity (Wildman–Crippen MR) is 64.6 cm³/mol. The smallest absolute Gasteiger partial charge is 0.232 e. The molecule has 0 spiro atoms. The fourth-order valence-electron chi connectivity index (χ4n) is 1.09. The molecule has 15 heavy (non-hydrogen) atoms. The van der Waals surface area contributed by atoms with Crippen LogP contribution in [-0.4, -0.2) is 21.4 Å². The minimum atomic E-state index is 0.336. The van der Waals surface area contributed by atoms with Gasteiger partial charge in [0.25, 0.3) is 0 Å². The van der Waals surface area contributed by atoms with Gasteiger partial charge in [0.2, 0.25) is 5.88 Å². The van der Waals surface area contributed by atoms with Gasteiger partial charge in [-0.15, -0.1) is 0 Å². The summed E-state index contributed by atoms with van der Waals surface area (Å²) >= 11 is 3.55. The Labute approximate surface area is 99.4 Å². The molecule has 0 saturated heterocycles. The van der Waals surface area contributed by atoms with E-state index in [9.17, 15) is 0 Å². The number of hydrogen-bond donors (Lipinski definition) is 0.